The van der Waals surface area contributed by atoms with Crippen LogP contribution in [0.2, 0.25) is 0 Å². The van der Waals surface area contributed by atoms with Crippen LogP contribution in [0.1, 0.15) is 26.3 Å². The van der Waals surface area contributed by atoms with Crippen molar-refractivity contribution in [1.82, 2.24) is 10.0 Å². The molecule has 1 aromatic carbocycles. The van der Waals surface area contributed by atoms with Gasteiger partial charge in [0.2, 0.25) is 10.0 Å². The molecule has 0 bridgehead atoms. The van der Waals surface area contributed by atoms with Crippen LogP contribution in [0.15, 0.2) is 23.1 Å². The highest BCUT2D eigenvalue weighted by atomic mass is 32.2. The molecule has 0 fully saturated rings. The smallest absolute Gasteiger partial charge is 0.407 e. The van der Waals surface area contributed by atoms with Crippen molar-refractivity contribution in [3.8, 4) is 0 Å². The molecule has 0 unspecified atom stereocenters. The fourth-order valence-electron chi connectivity index (χ4n) is 1.53. The Balaban J connectivity index is 2.50. The highest BCUT2D eigenvalue weighted by Gasteiger charge is 2.17. The molecule has 0 saturated carbocycles. The van der Waals surface area contributed by atoms with E-state index in [-0.39, 0.29) is 18.0 Å². The summed E-state index contributed by atoms with van der Waals surface area (Å²) in [6, 6.07) is 4.52. The third kappa shape index (κ3) is 5.90. The molecule has 0 heterocycles. The Labute approximate surface area is 131 Å². The van der Waals surface area contributed by atoms with Crippen LogP contribution in [0.4, 0.5) is 10.5 Å². The zero-order valence-electron chi connectivity index (χ0n) is 13.3. The number of aryl methyl sites for hydroxylation is 1. The summed E-state index contributed by atoms with van der Waals surface area (Å²) in [7, 11) is -3.65. The highest BCUT2D eigenvalue weighted by molar-refractivity contribution is 7.89. The van der Waals surface area contributed by atoms with Crippen LogP contribution in [-0.2, 0) is 14.8 Å². The molecule has 0 aliphatic rings. The Bertz CT molecular complexity index is 636. The van der Waals surface area contributed by atoms with E-state index in [0.29, 0.717) is 5.69 Å². The number of hydrogen-bond donors (Lipinski definition) is 3. The van der Waals surface area contributed by atoms with Crippen LogP contribution in [0.25, 0.3) is 0 Å². The molecule has 0 saturated heterocycles. The van der Waals surface area contributed by atoms with E-state index < -0.39 is 21.7 Å². The van der Waals surface area contributed by atoms with Gasteiger partial charge in [-0.15, -0.1) is 0 Å². The van der Waals surface area contributed by atoms with Gasteiger partial charge in [-0.1, -0.05) is 6.07 Å². The van der Waals surface area contributed by atoms with Crippen molar-refractivity contribution in [2.45, 2.75) is 38.2 Å². The number of sulfonamides is 1. The number of carbonyl (C=O) groups is 1. The van der Waals surface area contributed by atoms with Crippen LogP contribution in [0, 0.1) is 6.92 Å². The fourth-order valence-corrected chi connectivity index (χ4v) is 2.60. The summed E-state index contributed by atoms with van der Waals surface area (Å²) in [5.41, 5.74) is 6.33. The van der Waals surface area contributed by atoms with Crippen LogP contribution in [0.5, 0.6) is 0 Å². The van der Waals surface area contributed by atoms with E-state index in [1.807, 2.05) is 0 Å². The average Bonchev–Trinajstić information content (AvgIpc) is 2.36. The summed E-state index contributed by atoms with van der Waals surface area (Å²) in [5.74, 6) is 0. The first-order valence-corrected chi connectivity index (χ1v) is 8.32. The molecule has 0 radical (unpaired) electrons. The predicted molar refractivity (Wildman–Crippen MR) is 85.0 cm³/mol. The third-order valence-corrected chi connectivity index (χ3v) is 4.11. The molecule has 0 spiro atoms. The lowest BCUT2D eigenvalue weighted by molar-refractivity contribution is 0.0529. The largest absolute Gasteiger partial charge is 0.444 e. The monoisotopic (exact) mass is 329 g/mol. The maximum Gasteiger partial charge on any atom is 0.407 e. The van der Waals surface area contributed by atoms with Gasteiger partial charge >= 0.3 is 6.09 Å². The highest BCUT2D eigenvalue weighted by Crippen LogP contribution is 2.16. The van der Waals surface area contributed by atoms with E-state index in [2.05, 4.69) is 10.0 Å². The zero-order chi connectivity index (χ0) is 17.0. The van der Waals surface area contributed by atoms with Crippen molar-refractivity contribution >= 4 is 21.8 Å². The number of carbonyl (C=O) groups excluding carboxylic acids is 1. The van der Waals surface area contributed by atoms with Gasteiger partial charge in [-0.25, -0.2) is 17.9 Å². The number of nitrogens with one attached hydrogen (secondary N) is 2. The number of nitrogens with two attached hydrogens (primary N) is 1. The Kier molecular flexibility index (Phi) is 5.78. The number of benzene rings is 1. The molecule has 1 rings (SSSR count). The number of ether oxygens (including phenoxy) is 1. The normalized spacial score (nSPS) is 12.0. The fraction of sp³-hybridized carbons (Fsp3) is 0.500. The summed E-state index contributed by atoms with van der Waals surface area (Å²) < 4.78 is 31.5. The van der Waals surface area contributed by atoms with E-state index in [4.69, 9.17) is 10.5 Å². The lowest BCUT2D eigenvalue weighted by Crippen LogP contribution is -2.37. The molecular formula is C14H23N3O4S. The van der Waals surface area contributed by atoms with Gasteiger partial charge in [-0.3, -0.25) is 0 Å². The molecular weight excluding hydrogens is 306 g/mol. The van der Waals surface area contributed by atoms with Gasteiger partial charge in [0.05, 0.1) is 4.90 Å². The Morgan fingerprint density at radius 3 is 2.45 bits per heavy atom. The van der Waals surface area contributed by atoms with Crippen LogP contribution >= 0.6 is 0 Å². The van der Waals surface area contributed by atoms with Crippen molar-refractivity contribution in [2.24, 2.45) is 0 Å². The van der Waals surface area contributed by atoms with Crippen molar-refractivity contribution in [3.05, 3.63) is 23.8 Å². The van der Waals surface area contributed by atoms with Crippen LogP contribution in [-0.4, -0.2) is 33.2 Å². The quantitative estimate of drug-likeness (QED) is 0.558. The number of alkyl carbamates (subject to hydrolysis) is 1. The topological polar surface area (TPSA) is 111 Å². The van der Waals surface area contributed by atoms with Crippen molar-refractivity contribution < 1.29 is 17.9 Å². The van der Waals surface area contributed by atoms with Gasteiger partial charge in [0, 0.05) is 18.8 Å². The van der Waals surface area contributed by atoms with Gasteiger partial charge in [0.1, 0.15) is 5.60 Å². The first-order chi connectivity index (χ1) is 10.0. The number of anilines is 1. The minimum Gasteiger partial charge on any atom is -0.444 e. The van der Waals surface area contributed by atoms with Gasteiger partial charge in [0.25, 0.3) is 0 Å². The van der Waals surface area contributed by atoms with Gasteiger partial charge in [-0.05, 0) is 45.4 Å². The molecule has 0 aliphatic heterocycles. The Morgan fingerprint density at radius 1 is 1.27 bits per heavy atom. The molecule has 0 atom stereocenters. The van der Waals surface area contributed by atoms with Crippen molar-refractivity contribution in [1.29, 1.82) is 0 Å². The minimum absolute atomic E-state index is 0.0509. The number of hydrogen-bond acceptors (Lipinski definition) is 5. The summed E-state index contributed by atoms with van der Waals surface area (Å²) >= 11 is 0. The van der Waals surface area contributed by atoms with Gasteiger partial charge < -0.3 is 15.8 Å². The number of rotatable bonds is 5. The lowest BCUT2D eigenvalue weighted by atomic mass is 10.2. The Morgan fingerprint density at radius 2 is 1.91 bits per heavy atom. The molecule has 124 valence electrons. The van der Waals surface area contributed by atoms with Crippen LogP contribution < -0.4 is 15.8 Å². The SMILES string of the molecule is Cc1ccc(S(=O)(=O)NCCNC(=O)OC(C)(C)C)cc1N. The maximum absolute atomic E-state index is 12.1. The second-order valence-electron chi connectivity index (χ2n) is 5.84. The molecule has 7 nitrogen and oxygen atoms in total. The van der Waals surface area contributed by atoms with E-state index in [1.165, 1.54) is 12.1 Å². The first-order valence-electron chi connectivity index (χ1n) is 6.84. The standard InChI is InChI=1S/C14H23N3O4S/c1-10-5-6-11(9-12(10)15)22(19,20)17-8-7-16-13(18)21-14(2,3)4/h5-6,9,17H,7-8,15H2,1-4H3,(H,16,18). The summed E-state index contributed by atoms with van der Waals surface area (Å²) in [6.07, 6.45) is -0.591. The van der Waals surface area contributed by atoms with Crippen molar-refractivity contribution in [2.75, 3.05) is 18.8 Å². The Hall–Kier alpha value is -1.80. The predicted octanol–water partition coefficient (Wildman–Crippen LogP) is 1.38. The molecule has 8 heteroatoms. The molecule has 1 aromatic rings. The summed E-state index contributed by atoms with van der Waals surface area (Å²) in [6.45, 7) is 7.21. The third-order valence-electron chi connectivity index (χ3n) is 2.65. The zero-order valence-corrected chi connectivity index (χ0v) is 14.1. The van der Waals surface area contributed by atoms with E-state index in [1.54, 1.807) is 33.8 Å². The molecule has 0 aromatic heterocycles. The molecule has 1 amide bonds. The van der Waals surface area contributed by atoms with Gasteiger partial charge in [-0.2, -0.15) is 0 Å². The second kappa shape index (κ2) is 6.97. The van der Waals surface area contributed by atoms with E-state index in [9.17, 15) is 13.2 Å². The molecule has 22 heavy (non-hydrogen) atoms. The average molecular weight is 329 g/mol. The summed E-state index contributed by atoms with van der Waals surface area (Å²) in [4.78, 5) is 11.5. The minimum atomic E-state index is -3.65. The van der Waals surface area contributed by atoms with Gasteiger partial charge in [0.15, 0.2) is 0 Å². The summed E-state index contributed by atoms with van der Waals surface area (Å²) in [5, 5.41) is 2.47. The first kappa shape index (κ1) is 18.2. The van der Waals surface area contributed by atoms with Crippen LogP contribution in [0.3, 0.4) is 0 Å². The number of amides is 1. The maximum atomic E-state index is 12.1. The molecule has 0 aliphatic carbocycles. The number of nitrogen functional groups attached to an aromatic ring is 1. The van der Waals surface area contributed by atoms with Crippen molar-refractivity contribution in [3.63, 3.8) is 0 Å². The van der Waals surface area contributed by atoms with E-state index in [0.717, 1.165) is 5.56 Å². The van der Waals surface area contributed by atoms with E-state index >= 15 is 0 Å². The second-order valence-corrected chi connectivity index (χ2v) is 7.61. The molecule has 4 N–H and O–H groups in total. The lowest BCUT2D eigenvalue weighted by Gasteiger charge is -2.19.